The second-order valence-electron chi connectivity index (χ2n) is 10.6. The first-order valence-electron chi connectivity index (χ1n) is 13.0. The molecular weight excluding hydrogens is 543 g/mol. The molecule has 0 bridgehead atoms. The number of benzene rings is 2. The van der Waals surface area contributed by atoms with Crippen molar-refractivity contribution in [1.82, 2.24) is 9.80 Å². The predicted molar refractivity (Wildman–Crippen MR) is 155 cm³/mol. The maximum absolute atomic E-state index is 12.8. The van der Waals surface area contributed by atoms with Gasteiger partial charge in [0, 0.05) is 42.1 Å². The normalized spacial score (nSPS) is 22.0. The van der Waals surface area contributed by atoms with E-state index in [4.69, 9.17) is 23.2 Å². The fourth-order valence-electron chi connectivity index (χ4n) is 5.94. The summed E-state index contributed by atoms with van der Waals surface area (Å²) < 4.78 is 25.6. The monoisotopic (exact) mass is 576 g/mol. The van der Waals surface area contributed by atoms with Gasteiger partial charge in [0.25, 0.3) is 0 Å². The molecule has 4 nitrogen and oxygen atoms in total. The Morgan fingerprint density at radius 2 is 1.73 bits per heavy atom. The number of rotatable bonds is 9. The fraction of sp³-hybridized carbons (Fsp3) is 0.448. The minimum Gasteiger partial charge on any atom is -0.303 e. The minimum absolute atomic E-state index is 0.145. The van der Waals surface area contributed by atoms with E-state index in [0.717, 1.165) is 68.3 Å². The van der Waals surface area contributed by atoms with E-state index in [9.17, 15) is 8.42 Å². The molecule has 1 aromatic heterocycles. The van der Waals surface area contributed by atoms with Crippen LogP contribution in [0.15, 0.2) is 65.4 Å². The first-order valence-corrected chi connectivity index (χ1v) is 16.5. The molecule has 3 aromatic rings. The average molecular weight is 578 g/mol. The van der Waals surface area contributed by atoms with E-state index < -0.39 is 9.84 Å². The van der Waals surface area contributed by atoms with E-state index in [1.807, 2.05) is 48.5 Å². The van der Waals surface area contributed by atoms with Crippen molar-refractivity contribution in [1.29, 1.82) is 0 Å². The highest BCUT2D eigenvalue weighted by molar-refractivity contribution is 7.90. The summed E-state index contributed by atoms with van der Waals surface area (Å²) in [6.45, 7) is 5.88. The van der Waals surface area contributed by atoms with Crippen molar-refractivity contribution in [3.8, 4) is 0 Å². The van der Waals surface area contributed by atoms with Crippen molar-refractivity contribution >= 4 is 44.4 Å². The van der Waals surface area contributed by atoms with Crippen LogP contribution in [0.5, 0.6) is 0 Å². The van der Waals surface area contributed by atoms with Gasteiger partial charge in [-0.2, -0.15) is 11.3 Å². The Morgan fingerprint density at radius 3 is 2.43 bits per heavy atom. The Balaban J connectivity index is 1.17. The molecule has 5 rings (SSSR count). The predicted octanol–water partition coefficient (Wildman–Crippen LogP) is 6.60. The quantitative estimate of drug-likeness (QED) is 0.288. The molecular formula is C29H34Cl2N2O2S2. The van der Waals surface area contributed by atoms with Crippen LogP contribution >= 0.6 is 34.5 Å². The largest absolute Gasteiger partial charge is 0.303 e. The third kappa shape index (κ3) is 7.37. The summed E-state index contributed by atoms with van der Waals surface area (Å²) in [5.74, 6) is 1.74. The summed E-state index contributed by atoms with van der Waals surface area (Å²) in [6, 6.07) is 17.6. The van der Waals surface area contributed by atoms with Crippen LogP contribution in [-0.4, -0.2) is 56.7 Å². The highest BCUT2D eigenvalue weighted by atomic mass is 35.5. The summed E-state index contributed by atoms with van der Waals surface area (Å²) >= 11 is 14.3. The topological polar surface area (TPSA) is 40.6 Å². The van der Waals surface area contributed by atoms with Crippen LogP contribution in [0.4, 0.5) is 0 Å². The van der Waals surface area contributed by atoms with Crippen molar-refractivity contribution in [3.63, 3.8) is 0 Å². The third-order valence-electron chi connectivity index (χ3n) is 7.82. The van der Waals surface area contributed by atoms with Gasteiger partial charge in [0.05, 0.1) is 11.5 Å². The van der Waals surface area contributed by atoms with Gasteiger partial charge in [-0.1, -0.05) is 59.6 Å². The van der Waals surface area contributed by atoms with E-state index in [1.54, 1.807) is 11.3 Å². The van der Waals surface area contributed by atoms with Gasteiger partial charge in [-0.3, -0.25) is 4.90 Å². The first-order chi connectivity index (χ1) is 17.8. The van der Waals surface area contributed by atoms with Crippen molar-refractivity contribution < 1.29 is 8.42 Å². The average Bonchev–Trinajstić information content (AvgIpc) is 3.52. The Labute approximate surface area is 235 Å². The van der Waals surface area contributed by atoms with Crippen LogP contribution in [0.2, 0.25) is 10.0 Å². The first kappa shape index (κ1) is 27.2. The molecule has 2 atom stereocenters. The van der Waals surface area contributed by atoms with Gasteiger partial charge in [-0.05, 0) is 83.4 Å². The molecule has 2 aromatic carbocycles. The van der Waals surface area contributed by atoms with Crippen LogP contribution in [-0.2, 0) is 22.1 Å². The number of hydrogen-bond acceptors (Lipinski definition) is 5. The molecule has 0 saturated carbocycles. The van der Waals surface area contributed by atoms with Gasteiger partial charge in [0.1, 0.15) is 0 Å². The zero-order chi connectivity index (χ0) is 25.8. The molecule has 2 aliphatic heterocycles. The molecule has 0 spiro atoms. The molecule has 2 aliphatic rings. The van der Waals surface area contributed by atoms with Gasteiger partial charge in [-0.25, -0.2) is 8.42 Å². The molecule has 2 unspecified atom stereocenters. The Kier molecular flexibility index (Phi) is 8.95. The van der Waals surface area contributed by atoms with Crippen LogP contribution in [0.3, 0.4) is 0 Å². The summed E-state index contributed by atoms with van der Waals surface area (Å²) in [6.07, 6.45) is 1.90. The van der Waals surface area contributed by atoms with E-state index in [-0.39, 0.29) is 11.7 Å². The van der Waals surface area contributed by atoms with Crippen molar-refractivity contribution in [3.05, 3.63) is 92.1 Å². The van der Waals surface area contributed by atoms with Gasteiger partial charge < -0.3 is 4.90 Å². The van der Waals surface area contributed by atoms with Crippen molar-refractivity contribution in [2.75, 3.05) is 38.5 Å². The van der Waals surface area contributed by atoms with Crippen LogP contribution in [0.25, 0.3) is 0 Å². The number of piperidine rings is 1. The Bertz CT molecular complexity index is 1260. The standard InChI is InChI=1S/C29H34Cl2N2O2S2/c30-27-7-6-24(29(31)14-27)15-33-17-26(28(18-33)25-10-13-36-19-25)16-32-11-8-23(9-12-32)21-37(34,35)20-22-4-2-1-3-5-22/h1-7,10,13-14,19,23,26,28H,8-9,11-12,15-18,20-21H2. The van der Waals surface area contributed by atoms with Gasteiger partial charge in [0.2, 0.25) is 0 Å². The van der Waals surface area contributed by atoms with Gasteiger partial charge in [0.15, 0.2) is 9.84 Å². The second-order valence-corrected chi connectivity index (χ2v) is 14.4. The fourth-order valence-corrected chi connectivity index (χ4v) is 9.01. The summed E-state index contributed by atoms with van der Waals surface area (Å²) in [7, 11) is -3.10. The highest BCUT2D eigenvalue weighted by Crippen LogP contribution is 2.36. The SMILES string of the molecule is O=S(=O)(Cc1ccccc1)CC1CCN(CC2CN(Cc3ccc(Cl)cc3Cl)CC2c2ccsc2)CC1. The minimum atomic E-state index is -3.10. The van der Waals surface area contributed by atoms with Crippen LogP contribution in [0, 0.1) is 11.8 Å². The Morgan fingerprint density at radius 1 is 0.946 bits per heavy atom. The zero-order valence-corrected chi connectivity index (χ0v) is 24.1. The molecule has 37 heavy (non-hydrogen) atoms. The number of sulfone groups is 1. The number of thiophene rings is 1. The van der Waals surface area contributed by atoms with E-state index >= 15 is 0 Å². The van der Waals surface area contributed by atoms with Crippen LogP contribution in [0.1, 0.15) is 35.4 Å². The molecule has 2 fully saturated rings. The number of halogens is 2. The smallest absolute Gasteiger partial charge is 0.154 e. The number of hydrogen-bond donors (Lipinski definition) is 0. The highest BCUT2D eigenvalue weighted by Gasteiger charge is 2.36. The third-order valence-corrected chi connectivity index (χ3v) is 10.9. The second kappa shape index (κ2) is 12.2. The van der Waals surface area contributed by atoms with Gasteiger partial charge >= 0.3 is 0 Å². The number of nitrogens with zero attached hydrogens (tertiary/aromatic N) is 2. The molecule has 0 N–H and O–H groups in total. The van der Waals surface area contributed by atoms with Crippen LogP contribution < -0.4 is 0 Å². The molecule has 0 amide bonds. The number of likely N-dealkylation sites (tertiary alicyclic amines) is 2. The molecule has 0 aliphatic carbocycles. The maximum Gasteiger partial charge on any atom is 0.154 e. The zero-order valence-electron chi connectivity index (χ0n) is 20.9. The lowest BCUT2D eigenvalue weighted by Crippen LogP contribution is -2.40. The lowest BCUT2D eigenvalue weighted by molar-refractivity contribution is 0.163. The summed E-state index contributed by atoms with van der Waals surface area (Å²) in [5.41, 5.74) is 3.43. The lowest BCUT2D eigenvalue weighted by atomic mass is 9.89. The summed E-state index contributed by atoms with van der Waals surface area (Å²) in [4.78, 5) is 5.08. The molecule has 8 heteroatoms. The lowest BCUT2D eigenvalue weighted by Gasteiger charge is -2.34. The molecule has 2 saturated heterocycles. The maximum atomic E-state index is 12.8. The Hall–Kier alpha value is -1.41. The molecule has 3 heterocycles. The van der Waals surface area contributed by atoms with E-state index in [2.05, 4.69) is 26.6 Å². The van der Waals surface area contributed by atoms with Crippen molar-refractivity contribution in [2.45, 2.75) is 31.1 Å². The van der Waals surface area contributed by atoms with Crippen molar-refractivity contribution in [2.24, 2.45) is 11.8 Å². The van der Waals surface area contributed by atoms with E-state index in [1.165, 1.54) is 5.56 Å². The molecule has 198 valence electrons. The van der Waals surface area contributed by atoms with E-state index in [0.29, 0.717) is 22.6 Å². The molecule has 0 radical (unpaired) electrons. The van der Waals surface area contributed by atoms with Gasteiger partial charge in [-0.15, -0.1) is 0 Å². The summed E-state index contributed by atoms with van der Waals surface area (Å²) in [5, 5.41) is 5.86.